The van der Waals surface area contributed by atoms with Gasteiger partial charge in [-0.1, -0.05) is 29.4 Å². The van der Waals surface area contributed by atoms with Crippen LogP contribution < -0.4 is 4.74 Å². The van der Waals surface area contributed by atoms with E-state index in [2.05, 4.69) is 10.1 Å². The van der Waals surface area contributed by atoms with Crippen molar-refractivity contribution >= 4 is 16.6 Å². The summed E-state index contributed by atoms with van der Waals surface area (Å²) >= 11 is 0. The number of rotatable bonds is 4. The molecular formula is C18H16N2O3. The average molecular weight is 308 g/mol. The van der Waals surface area contributed by atoms with Gasteiger partial charge in [0.05, 0.1) is 18.3 Å². The summed E-state index contributed by atoms with van der Waals surface area (Å²) in [5.74, 6) is 0.542. The number of hydrogen-bond donors (Lipinski definition) is 2. The van der Waals surface area contributed by atoms with E-state index in [4.69, 9.17) is 4.74 Å². The first-order valence-electron chi connectivity index (χ1n) is 7.14. The van der Waals surface area contributed by atoms with Gasteiger partial charge in [0.2, 0.25) is 0 Å². The highest BCUT2D eigenvalue weighted by Gasteiger charge is 2.13. The topological polar surface area (TPSA) is 74.9 Å². The predicted molar refractivity (Wildman–Crippen MR) is 88.4 cm³/mol. The van der Waals surface area contributed by atoms with E-state index in [1.54, 1.807) is 18.3 Å². The minimum Gasteiger partial charge on any atom is -0.507 e. The molecule has 0 spiro atoms. The number of hydrogen-bond acceptors (Lipinski definition) is 5. The summed E-state index contributed by atoms with van der Waals surface area (Å²) in [7, 11) is 1.53. The first-order chi connectivity index (χ1) is 11.2. The van der Waals surface area contributed by atoms with Crippen LogP contribution in [-0.2, 0) is 6.42 Å². The molecule has 1 heterocycles. The Morgan fingerprint density at radius 3 is 2.74 bits per heavy atom. The Hall–Kier alpha value is -3.08. The van der Waals surface area contributed by atoms with Crippen LogP contribution in [0.3, 0.4) is 0 Å². The third-order valence-electron chi connectivity index (χ3n) is 3.71. The van der Waals surface area contributed by atoms with E-state index in [-0.39, 0.29) is 5.75 Å². The number of phenols is 1. The summed E-state index contributed by atoms with van der Waals surface area (Å²) in [5.41, 5.74) is 2.60. The van der Waals surface area contributed by atoms with Gasteiger partial charge in [-0.15, -0.1) is 0 Å². The molecule has 0 amide bonds. The number of para-hydroxylation sites is 1. The van der Waals surface area contributed by atoms with E-state index in [1.807, 2.05) is 30.3 Å². The fourth-order valence-electron chi connectivity index (χ4n) is 2.56. The fourth-order valence-corrected chi connectivity index (χ4v) is 2.56. The number of pyridine rings is 1. The second kappa shape index (κ2) is 6.36. The van der Waals surface area contributed by atoms with Gasteiger partial charge in [0.25, 0.3) is 0 Å². The molecule has 5 nitrogen and oxygen atoms in total. The van der Waals surface area contributed by atoms with Crippen LogP contribution in [0.1, 0.15) is 11.1 Å². The summed E-state index contributed by atoms with van der Waals surface area (Å²) in [6.07, 6.45) is 2.08. The Labute approximate surface area is 133 Å². The van der Waals surface area contributed by atoms with Gasteiger partial charge in [0, 0.05) is 29.6 Å². The lowest BCUT2D eigenvalue weighted by Gasteiger charge is -2.10. The van der Waals surface area contributed by atoms with Crippen molar-refractivity contribution in [1.82, 2.24) is 4.98 Å². The molecule has 2 N–H and O–H groups in total. The minimum absolute atomic E-state index is 0.00495. The molecule has 2 aromatic carbocycles. The van der Waals surface area contributed by atoms with E-state index >= 15 is 0 Å². The zero-order valence-electron chi connectivity index (χ0n) is 12.6. The quantitative estimate of drug-likeness (QED) is 0.440. The van der Waals surface area contributed by atoms with Crippen LogP contribution in [0.4, 0.5) is 0 Å². The van der Waals surface area contributed by atoms with Gasteiger partial charge in [-0.3, -0.25) is 4.98 Å². The number of benzene rings is 2. The second-order valence-corrected chi connectivity index (χ2v) is 5.10. The van der Waals surface area contributed by atoms with E-state index in [1.165, 1.54) is 13.2 Å². The number of methoxy groups -OCH3 is 1. The van der Waals surface area contributed by atoms with Gasteiger partial charge >= 0.3 is 0 Å². The van der Waals surface area contributed by atoms with Crippen LogP contribution in [0.15, 0.2) is 59.9 Å². The third-order valence-corrected chi connectivity index (χ3v) is 3.71. The van der Waals surface area contributed by atoms with Gasteiger partial charge in [-0.25, -0.2) is 0 Å². The molecule has 5 heteroatoms. The molecule has 23 heavy (non-hydrogen) atoms. The molecule has 0 aliphatic rings. The molecule has 1 aromatic heterocycles. The molecule has 0 aliphatic heterocycles. The smallest absolute Gasteiger partial charge is 0.128 e. The standard InChI is InChI=1S/C18H16N2O3/c1-23-14-7-8-15(17(21)11-14)16(20-22)10-13-5-2-4-12-6-3-9-19-18(12)13/h2-9,11,21-22H,10H2,1H3. The summed E-state index contributed by atoms with van der Waals surface area (Å²) < 4.78 is 5.07. The Bertz CT molecular complexity index is 870. The van der Waals surface area contributed by atoms with Crippen molar-refractivity contribution in [2.24, 2.45) is 5.16 Å². The summed E-state index contributed by atoms with van der Waals surface area (Å²) in [4.78, 5) is 4.39. The molecular weight excluding hydrogens is 292 g/mol. The summed E-state index contributed by atoms with van der Waals surface area (Å²) in [5, 5.41) is 23.9. The number of oxime groups is 1. The molecule has 0 atom stereocenters. The van der Waals surface area contributed by atoms with Crippen molar-refractivity contribution in [3.63, 3.8) is 0 Å². The van der Waals surface area contributed by atoms with Gasteiger partial charge in [-0.05, 0) is 23.8 Å². The lowest BCUT2D eigenvalue weighted by molar-refractivity contribution is 0.318. The van der Waals surface area contributed by atoms with Gasteiger partial charge < -0.3 is 15.1 Å². The number of ether oxygens (including phenoxy) is 1. The highest BCUT2D eigenvalue weighted by atomic mass is 16.5. The molecule has 0 bridgehead atoms. The zero-order chi connectivity index (χ0) is 16.2. The number of nitrogens with zero attached hydrogens (tertiary/aromatic N) is 2. The molecule has 0 unspecified atom stereocenters. The molecule has 3 aromatic rings. The molecule has 0 saturated carbocycles. The van der Waals surface area contributed by atoms with Crippen LogP contribution in [0.25, 0.3) is 10.9 Å². The van der Waals surface area contributed by atoms with E-state index in [0.717, 1.165) is 16.5 Å². The second-order valence-electron chi connectivity index (χ2n) is 5.10. The van der Waals surface area contributed by atoms with Crippen molar-refractivity contribution in [2.75, 3.05) is 7.11 Å². The molecule has 116 valence electrons. The van der Waals surface area contributed by atoms with Crippen molar-refractivity contribution < 1.29 is 15.1 Å². The monoisotopic (exact) mass is 308 g/mol. The van der Waals surface area contributed by atoms with Gasteiger partial charge in [0.1, 0.15) is 11.5 Å². The Morgan fingerprint density at radius 1 is 1.17 bits per heavy atom. The minimum atomic E-state index is 0.00495. The van der Waals surface area contributed by atoms with Crippen molar-refractivity contribution in [3.05, 3.63) is 65.9 Å². The number of aromatic hydroxyl groups is 1. The van der Waals surface area contributed by atoms with Crippen LogP contribution in [0, 0.1) is 0 Å². The van der Waals surface area contributed by atoms with Crippen LogP contribution in [-0.4, -0.2) is 28.1 Å². The van der Waals surface area contributed by atoms with Crippen LogP contribution in [0.2, 0.25) is 0 Å². The van der Waals surface area contributed by atoms with E-state index in [9.17, 15) is 10.3 Å². The van der Waals surface area contributed by atoms with Crippen molar-refractivity contribution in [3.8, 4) is 11.5 Å². The van der Waals surface area contributed by atoms with E-state index < -0.39 is 0 Å². The lowest BCUT2D eigenvalue weighted by Crippen LogP contribution is -2.07. The highest BCUT2D eigenvalue weighted by Crippen LogP contribution is 2.26. The molecule has 0 radical (unpaired) electrons. The third kappa shape index (κ3) is 2.94. The van der Waals surface area contributed by atoms with Gasteiger partial charge in [-0.2, -0.15) is 0 Å². The Morgan fingerprint density at radius 2 is 2.00 bits per heavy atom. The van der Waals surface area contributed by atoms with Crippen molar-refractivity contribution in [2.45, 2.75) is 6.42 Å². The average Bonchev–Trinajstić information content (AvgIpc) is 2.60. The zero-order valence-corrected chi connectivity index (χ0v) is 12.6. The van der Waals surface area contributed by atoms with Gasteiger partial charge in [0.15, 0.2) is 0 Å². The highest BCUT2D eigenvalue weighted by molar-refractivity contribution is 6.05. The van der Waals surface area contributed by atoms with Crippen molar-refractivity contribution in [1.29, 1.82) is 0 Å². The van der Waals surface area contributed by atoms with Crippen LogP contribution in [0.5, 0.6) is 11.5 Å². The summed E-state index contributed by atoms with van der Waals surface area (Å²) in [6.45, 7) is 0. The molecule has 0 saturated heterocycles. The SMILES string of the molecule is COc1ccc(C(Cc2cccc3cccnc23)=NO)c(O)c1. The normalized spacial score (nSPS) is 11.6. The number of fused-ring (bicyclic) bond motifs is 1. The molecule has 0 aliphatic carbocycles. The largest absolute Gasteiger partial charge is 0.507 e. The first kappa shape index (κ1) is 14.8. The number of phenolic OH excluding ortho intramolecular Hbond substituents is 1. The maximum atomic E-state index is 10.1. The van der Waals surface area contributed by atoms with E-state index in [0.29, 0.717) is 23.4 Å². The number of aromatic nitrogens is 1. The first-order valence-corrected chi connectivity index (χ1v) is 7.14. The van der Waals surface area contributed by atoms with Crippen LogP contribution >= 0.6 is 0 Å². The predicted octanol–water partition coefficient (Wildman–Crippen LogP) is 3.37. The molecule has 0 fully saturated rings. The Kier molecular flexibility index (Phi) is 4.10. The maximum Gasteiger partial charge on any atom is 0.128 e. The molecule has 3 rings (SSSR count). The summed E-state index contributed by atoms with van der Waals surface area (Å²) in [6, 6.07) is 14.6. The fraction of sp³-hybridized carbons (Fsp3) is 0.111. The lowest BCUT2D eigenvalue weighted by atomic mass is 9.99. The Balaban J connectivity index is 1.99. The maximum absolute atomic E-state index is 10.1.